The van der Waals surface area contributed by atoms with Gasteiger partial charge in [-0.25, -0.2) is 14.5 Å². The van der Waals surface area contributed by atoms with Crippen LogP contribution < -0.4 is 10.2 Å². The smallest absolute Gasteiger partial charge is 0.277 e. The van der Waals surface area contributed by atoms with Crippen molar-refractivity contribution in [3.63, 3.8) is 0 Å². The quantitative estimate of drug-likeness (QED) is 0.369. The van der Waals surface area contributed by atoms with Crippen molar-refractivity contribution in [1.82, 2.24) is 20.2 Å². The zero-order valence-corrected chi connectivity index (χ0v) is 16.4. The Balaban J connectivity index is 1.49. The molecular weight excluding hydrogens is 397 g/mol. The lowest BCUT2D eigenvalue weighted by molar-refractivity contribution is -0.123. The van der Waals surface area contributed by atoms with Gasteiger partial charge >= 0.3 is 0 Å². The van der Waals surface area contributed by atoms with Crippen LogP contribution in [0, 0.1) is 5.82 Å². The van der Waals surface area contributed by atoms with Gasteiger partial charge in [-0.2, -0.15) is 10.2 Å². The number of amides is 1. The van der Waals surface area contributed by atoms with Gasteiger partial charge in [0.15, 0.2) is 18.2 Å². The number of carbonyl (C=O) groups excluding carboxylic acids is 1. The SMILES string of the molecule is O=C(COc1ccccc1F)N/N=C\c1cn(-c2ccccc2)nc1-c1cccnc1. The maximum Gasteiger partial charge on any atom is 0.277 e. The number of para-hydroxylation sites is 2. The second-order valence-corrected chi connectivity index (χ2v) is 6.47. The Bertz CT molecular complexity index is 1190. The molecule has 2 aromatic heterocycles. The molecule has 0 spiro atoms. The number of hydrogen-bond donors (Lipinski definition) is 1. The number of ether oxygens (including phenoxy) is 1. The molecule has 31 heavy (non-hydrogen) atoms. The predicted molar refractivity (Wildman–Crippen MR) is 114 cm³/mol. The van der Waals surface area contributed by atoms with Gasteiger partial charge in [-0.3, -0.25) is 9.78 Å². The van der Waals surface area contributed by atoms with Crippen molar-refractivity contribution in [2.45, 2.75) is 0 Å². The van der Waals surface area contributed by atoms with Crippen molar-refractivity contribution in [3.05, 3.63) is 96.7 Å². The average molecular weight is 415 g/mol. The number of pyridine rings is 1. The first-order valence-corrected chi connectivity index (χ1v) is 9.45. The summed E-state index contributed by atoms with van der Waals surface area (Å²) < 4.78 is 20.5. The highest BCUT2D eigenvalue weighted by Gasteiger charge is 2.11. The third-order valence-corrected chi connectivity index (χ3v) is 4.29. The molecule has 7 nitrogen and oxygen atoms in total. The first-order chi connectivity index (χ1) is 15.2. The number of halogens is 1. The van der Waals surface area contributed by atoms with Crippen molar-refractivity contribution < 1.29 is 13.9 Å². The van der Waals surface area contributed by atoms with Gasteiger partial charge in [0.1, 0.15) is 5.69 Å². The van der Waals surface area contributed by atoms with Crippen molar-refractivity contribution in [3.8, 4) is 22.7 Å². The molecule has 0 fully saturated rings. The molecule has 4 rings (SSSR count). The molecule has 4 aromatic rings. The van der Waals surface area contributed by atoms with Gasteiger partial charge in [-0.05, 0) is 36.4 Å². The molecule has 0 saturated heterocycles. The summed E-state index contributed by atoms with van der Waals surface area (Å²) in [5.41, 5.74) is 5.43. The highest BCUT2D eigenvalue weighted by molar-refractivity contribution is 5.89. The van der Waals surface area contributed by atoms with Crippen LogP contribution in [0.1, 0.15) is 5.56 Å². The minimum Gasteiger partial charge on any atom is -0.481 e. The van der Waals surface area contributed by atoms with E-state index in [9.17, 15) is 9.18 Å². The fourth-order valence-electron chi connectivity index (χ4n) is 2.83. The van der Waals surface area contributed by atoms with E-state index in [1.54, 1.807) is 29.2 Å². The zero-order valence-electron chi connectivity index (χ0n) is 16.4. The topological polar surface area (TPSA) is 81.4 Å². The van der Waals surface area contributed by atoms with Crippen LogP contribution in [-0.4, -0.2) is 33.5 Å². The van der Waals surface area contributed by atoms with Gasteiger partial charge in [0.2, 0.25) is 0 Å². The summed E-state index contributed by atoms with van der Waals surface area (Å²) in [6, 6.07) is 19.2. The number of rotatable bonds is 7. The van der Waals surface area contributed by atoms with Crippen LogP contribution in [0.4, 0.5) is 4.39 Å². The molecule has 0 unspecified atom stereocenters. The Hall–Kier alpha value is -4.33. The lowest BCUT2D eigenvalue weighted by atomic mass is 10.1. The van der Waals surface area contributed by atoms with Crippen LogP contribution >= 0.6 is 0 Å². The molecule has 0 aliphatic carbocycles. The van der Waals surface area contributed by atoms with E-state index in [1.807, 2.05) is 48.7 Å². The summed E-state index contributed by atoms with van der Waals surface area (Å²) in [6.07, 6.45) is 6.69. The highest BCUT2D eigenvalue weighted by Crippen LogP contribution is 2.21. The Morgan fingerprint density at radius 2 is 1.90 bits per heavy atom. The van der Waals surface area contributed by atoms with Crippen molar-refractivity contribution in [2.24, 2.45) is 5.10 Å². The number of nitrogens with one attached hydrogen (secondary N) is 1. The minimum atomic E-state index is -0.534. The predicted octanol–water partition coefficient (Wildman–Crippen LogP) is 3.60. The molecule has 0 saturated carbocycles. The van der Waals surface area contributed by atoms with E-state index in [0.717, 1.165) is 11.3 Å². The van der Waals surface area contributed by atoms with E-state index in [-0.39, 0.29) is 12.4 Å². The molecular formula is C23H18FN5O2. The van der Waals surface area contributed by atoms with Crippen molar-refractivity contribution in [2.75, 3.05) is 6.61 Å². The fourth-order valence-corrected chi connectivity index (χ4v) is 2.83. The summed E-state index contributed by atoms with van der Waals surface area (Å²) >= 11 is 0. The highest BCUT2D eigenvalue weighted by atomic mass is 19.1. The van der Waals surface area contributed by atoms with E-state index in [1.165, 1.54) is 18.3 Å². The summed E-state index contributed by atoms with van der Waals surface area (Å²) in [5, 5.41) is 8.64. The molecule has 1 amide bonds. The maximum absolute atomic E-state index is 13.6. The Labute approximate surface area is 177 Å². The average Bonchev–Trinajstić information content (AvgIpc) is 3.24. The normalized spacial score (nSPS) is 10.9. The second-order valence-electron chi connectivity index (χ2n) is 6.47. The first kappa shape index (κ1) is 20.0. The lowest BCUT2D eigenvalue weighted by Gasteiger charge is -2.05. The van der Waals surface area contributed by atoms with Crippen LogP contribution in [0.2, 0.25) is 0 Å². The van der Waals surface area contributed by atoms with Gasteiger partial charge in [0.05, 0.1) is 11.9 Å². The molecule has 2 aromatic carbocycles. The van der Waals surface area contributed by atoms with Crippen molar-refractivity contribution in [1.29, 1.82) is 0 Å². The Kier molecular flexibility index (Phi) is 6.08. The Morgan fingerprint density at radius 3 is 2.68 bits per heavy atom. The van der Waals surface area contributed by atoms with Gasteiger partial charge in [0, 0.05) is 29.7 Å². The molecule has 0 bridgehead atoms. The van der Waals surface area contributed by atoms with E-state index >= 15 is 0 Å². The van der Waals surface area contributed by atoms with Crippen LogP contribution in [0.15, 0.2) is 90.4 Å². The molecule has 8 heteroatoms. The number of hydrazone groups is 1. The maximum atomic E-state index is 13.6. The van der Waals surface area contributed by atoms with E-state index < -0.39 is 11.7 Å². The molecule has 0 radical (unpaired) electrons. The van der Waals surface area contributed by atoms with E-state index in [2.05, 4.69) is 20.6 Å². The summed E-state index contributed by atoms with van der Waals surface area (Å²) in [5.74, 6) is -1.05. The monoisotopic (exact) mass is 415 g/mol. The summed E-state index contributed by atoms with van der Waals surface area (Å²) in [6.45, 7) is -0.364. The van der Waals surface area contributed by atoms with Crippen LogP contribution in [0.25, 0.3) is 16.9 Å². The molecule has 0 aliphatic rings. The lowest BCUT2D eigenvalue weighted by Crippen LogP contribution is -2.24. The Morgan fingerprint density at radius 1 is 1.10 bits per heavy atom. The largest absolute Gasteiger partial charge is 0.481 e. The molecule has 1 N–H and O–H groups in total. The standard InChI is InChI=1S/C23H18FN5O2/c24-20-10-4-5-11-21(20)31-16-22(30)27-26-14-18-15-29(19-8-2-1-3-9-19)28-23(18)17-7-6-12-25-13-17/h1-15H,16H2,(H,27,30)/b26-14-. The van der Waals surface area contributed by atoms with Crippen molar-refractivity contribution >= 4 is 12.1 Å². The number of nitrogens with zero attached hydrogens (tertiary/aromatic N) is 4. The summed E-state index contributed by atoms with van der Waals surface area (Å²) in [4.78, 5) is 16.1. The number of carbonyl (C=O) groups is 1. The number of hydrogen-bond acceptors (Lipinski definition) is 5. The molecule has 0 aliphatic heterocycles. The third kappa shape index (κ3) is 4.99. The van der Waals surface area contributed by atoms with Crippen LogP contribution in [0.3, 0.4) is 0 Å². The second kappa shape index (κ2) is 9.45. The number of benzene rings is 2. The molecule has 154 valence electrons. The molecule has 2 heterocycles. The molecule has 0 atom stereocenters. The van der Waals surface area contributed by atoms with Gasteiger partial charge in [-0.1, -0.05) is 30.3 Å². The minimum absolute atomic E-state index is 0.00429. The van der Waals surface area contributed by atoms with Gasteiger partial charge in [0.25, 0.3) is 5.91 Å². The third-order valence-electron chi connectivity index (χ3n) is 4.29. The summed E-state index contributed by atoms with van der Waals surface area (Å²) in [7, 11) is 0. The zero-order chi connectivity index (χ0) is 21.5. The van der Waals surface area contributed by atoms with E-state index in [4.69, 9.17) is 4.74 Å². The fraction of sp³-hybridized carbons (Fsp3) is 0.0435. The first-order valence-electron chi connectivity index (χ1n) is 9.45. The number of aromatic nitrogens is 3. The van der Waals surface area contributed by atoms with Gasteiger partial charge < -0.3 is 4.74 Å². The van der Waals surface area contributed by atoms with Gasteiger partial charge in [-0.15, -0.1) is 0 Å². The van der Waals surface area contributed by atoms with Crippen LogP contribution in [0.5, 0.6) is 5.75 Å². The van der Waals surface area contributed by atoms with Crippen LogP contribution in [-0.2, 0) is 4.79 Å². The van der Waals surface area contributed by atoms with E-state index in [0.29, 0.717) is 11.3 Å².